The first-order valence-electron chi connectivity index (χ1n) is 10.3. The van der Waals surface area contributed by atoms with Crippen LogP contribution in [0.1, 0.15) is 53.4 Å². The quantitative estimate of drug-likeness (QED) is 0.422. The van der Waals surface area contributed by atoms with Gasteiger partial charge < -0.3 is 9.47 Å². The van der Waals surface area contributed by atoms with E-state index in [0.717, 1.165) is 48.2 Å². The van der Waals surface area contributed by atoms with E-state index in [4.69, 9.17) is 0 Å². The molecule has 0 N–H and O–H groups in total. The summed E-state index contributed by atoms with van der Waals surface area (Å²) in [6, 6.07) is 18.4. The number of carbonyl (C=O) groups excluding carboxylic acids is 1. The normalized spacial score (nSPS) is 10.9. The Morgan fingerprint density at radius 2 is 1.83 bits per heavy atom. The van der Waals surface area contributed by atoms with E-state index in [-0.39, 0.29) is 11.7 Å². The molecule has 1 amide bonds. The molecule has 0 saturated carbocycles. The third-order valence-corrected chi connectivity index (χ3v) is 5.14. The SMILES string of the molecule is CCCCCN(Cc1cccn1Cc1cccc(F)c1)C(=O)c1ccc(C)cc1. The Bertz CT molecular complexity index is 930. The van der Waals surface area contributed by atoms with Crippen LogP contribution in [-0.2, 0) is 13.1 Å². The Morgan fingerprint density at radius 3 is 2.55 bits per heavy atom. The molecule has 0 saturated heterocycles. The number of halogens is 1. The molecule has 2 aromatic carbocycles. The van der Waals surface area contributed by atoms with Gasteiger partial charge >= 0.3 is 0 Å². The molecular weight excluding hydrogens is 363 g/mol. The first-order chi connectivity index (χ1) is 14.1. The summed E-state index contributed by atoms with van der Waals surface area (Å²) in [6.45, 7) is 6.04. The first kappa shape index (κ1) is 20.8. The van der Waals surface area contributed by atoms with Crippen LogP contribution in [0.4, 0.5) is 4.39 Å². The second-order valence-corrected chi connectivity index (χ2v) is 7.56. The molecule has 3 nitrogen and oxygen atoms in total. The van der Waals surface area contributed by atoms with E-state index in [1.807, 2.05) is 60.5 Å². The molecule has 4 heteroatoms. The second kappa shape index (κ2) is 10.1. The minimum absolute atomic E-state index is 0.0552. The van der Waals surface area contributed by atoms with Gasteiger partial charge in [0.25, 0.3) is 5.91 Å². The standard InChI is InChI=1S/C25H29FN2O/c1-3-4-5-15-28(25(29)22-13-11-20(2)12-14-22)19-24-10-7-16-27(24)18-21-8-6-9-23(26)17-21/h6-14,16-17H,3-5,15,18-19H2,1-2H3. The molecule has 29 heavy (non-hydrogen) atoms. The van der Waals surface area contributed by atoms with E-state index in [1.165, 1.54) is 6.07 Å². The number of amides is 1. The largest absolute Gasteiger partial charge is 0.345 e. The van der Waals surface area contributed by atoms with Gasteiger partial charge in [-0.2, -0.15) is 0 Å². The van der Waals surface area contributed by atoms with Gasteiger partial charge in [-0.3, -0.25) is 4.79 Å². The number of carbonyl (C=O) groups is 1. The zero-order valence-corrected chi connectivity index (χ0v) is 17.3. The van der Waals surface area contributed by atoms with Gasteiger partial charge in [0.1, 0.15) is 5.82 Å². The van der Waals surface area contributed by atoms with Crippen LogP contribution in [0.5, 0.6) is 0 Å². The van der Waals surface area contributed by atoms with Gasteiger partial charge in [-0.25, -0.2) is 4.39 Å². The van der Waals surface area contributed by atoms with Gasteiger partial charge in [-0.05, 0) is 55.3 Å². The summed E-state index contributed by atoms with van der Waals surface area (Å²) in [6.07, 6.45) is 5.18. The molecule has 0 atom stereocenters. The Labute approximate surface area is 172 Å². The van der Waals surface area contributed by atoms with E-state index in [2.05, 4.69) is 11.5 Å². The van der Waals surface area contributed by atoms with Gasteiger partial charge in [0, 0.05) is 30.5 Å². The number of aryl methyl sites for hydroxylation is 1. The molecule has 1 aromatic heterocycles. The van der Waals surface area contributed by atoms with Crippen molar-refractivity contribution in [2.24, 2.45) is 0 Å². The van der Waals surface area contributed by atoms with E-state index in [0.29, 0.717) is 13.1 Å². The number of hydrogen-bond acceptors (Lipinski definition) is 1. The smallest absolute Gasteiger partial charge is 0.254 e. The molecular formula is C25H29FN2O. The second-order valence-electron chi connectivity index (χ2n) is 7.56. The van der Waals surface area contributed by atoms with Crippen LogP contribution in [0.15, 0.2) is 66.9 Å². The minimum atomic E-state index is -0.230. The van der Waals surface area contributed by atoms with Crippen molar-refractivity contribution in [3.05, 3.63) is 95.1 Å². The number of rotatable bonds is 9. The van der Waals surface area contributed by atoms with Gasteiger partial charge in [-0.1, -0.05) is 49.6 Å². The zero-order chi connectivity index (χ0) is 20.6. The van der Waals surface area contributed by atoms with Gasteiger partial charge in [0.05, 0.1) is 6.54 Å². The fraction of sp³-hybridized carbons (Fsp3) is 0.320. The molecule has 0 fully saturated rings. The van der Waals surface area contributed by atoms with Crippen molar-refractivity contribution in [3.8, 4) is 0 Å². The summed E-state index contributed by atoms with van der Waals surface area (Å²) in [5.74, 6) is -0.174. The Morgan fingerprint density at radius 1 is 1.03 bits per heavy atom. The van der Waals surface area contributed by atoms with Crippen molar-refractivity contribution in [3.63, 3.8) is 0 Å². The highest BCUT2D eigenvalue weighted by Crippen LogP contribution is 2.15. The van der Waals surface area contributed by atoms with Crippen LogP contribution < -0.4 is 0 Å². The van der Waals surface area contributed by atoms with Gasteiger partial charge in [-0.15, -0.1) is 0 Å². The number of nitrogens with zero attached hydrogens (tertiary/aromatic N) is 2. The lowest BCUT2D eigenvalue weighted by molar-refractivity contribution is 0.0736. The average Bonchev–Trinajstić information content (AvgIpc) is 3.14. The van der Waals surface area contributed by atoms with Crippen molar-refractivity contribution < 1.29 is 9.18 Å². The third kappa shape index (κ3) is 5.80. The number of benzene rings is 2. The molecule has 152 valence electrons. The van der Waals surface area contributed by atoms with Crippen molar-refractivity contribution >= 4 is 5.91 Å². The van der Waals surface area contributed by atoms with E-state index >= 15 is 0 Å². The van der Waals surface area contributed by atoms with Crippen molar-refractivity contribution in [1.29, 1.82) is 0 Å². The summed E-state index contributed by atoms with van der Waals surface area (Å²) in [4.78, 5) is 15.1. The highest BCUT2D eigenvalue weighted by Gasteiger charge is 2.17. The Balaban J connectivity index is 1.78. The molecule has 0 radical (unpaired) electrons. The molecule has 0 aliphatic rings. The summed E-state index contributed by atoms with van der Waals surface area (Å²) < 4.78 is 15.6. The minimum Gasteiger partial charge on any atom is -0.345 e. The van der Waals surface area contributed by atoms with Crippen LogP contribution in [0.2, 0.25) is 0 Å². The molecule has 3 rings (SSSR count). The van der Waals surface area contributed by atoms with Gasteiger partial charge in [0.15, 0.2) is 0 Å². The lowest BCUT2D eigenvalue weighted by Gasteiger charge is -2.24. The van der Waals surface area contributed by atoms with Crippen LogP contribution in [-0.4, -0.2) is 21.9 Å². The number of aromatic nitrogens is 1. The number of hydrogen-bond donors (Lipinski definition) is 0. The number of unbranched alkanes of at least 4 members (excludes halogenated alkanes) is 2. The maximum atomic E-state index is 13.5. The lowest BCUT2D eigenvalue weighted by atomic mass is 10.1. The maximum absolute atomic E-state index is 13.5. The van der Waals surface area contributed by atoms with E-state index in [9.17, 15) is 9.18 Å². The molecule has 0 unspecified atom stereocenters. The summed E-state index contributed by atoms with van der Waals surface area (Å²) >= 11 is 0. The molecule has 0 aliphatic carbocycles. The Kier molecular flexibility index (Phi) is 7.23. The monoisotopic (exact) mass is 392 g/mol. The van der Waals surface area contributed by atoms with Crippen LogP contribution in [0.25, 0.3) is 0 Å². The molecule has 0 aliphatic heterocycles. The predicted molar refractivity (Wildman–Crippen MR) is 115 cm³/mol. The summed E-state index contributed by atoms with van der Waals surface area (Å²) in [5, 5.41) is 0. The van der Waals surface area contributed by atoms with E-state index in [1.54, 1.807) is 12.1 Å². The van der Waals surface area contributed by atoms with Crippen molar-refractivity contribution in [2.75, 3.05) is 6.54 Å². The average molecular weight is 393 g/mol. The molecule has 0 bridgehead atoms. The van der Waals surface area contributed by atoms with E-state index < -0.39 is 0 Å². The molecule has 3 aromatic rings. The maximum Gasteiger partial charge on any atom is 0.254 e. The van der Waals surface area contributed by atoms with Crippen LogP contribution >= 0.6 is 0 Å². The highest BCUT2D eigenvalue weighted by atomic mass is 19.1. The zero-order valence-electron chi connectivity index (χ0n) is 17.3. The van der Waals surface area contributed by atoms with Gasteiger partial charge in [0.2, 0.25) is 0 Å². The summed E-state index contributed by atoms with van der Waals surface area (Å²) in [7, 11) is 0. The Hall–Kier alpha value is -2.88. The predicted octanol–water partition coefficient (Wildman–Crippen LogP) is 5.82. The molecule has 1 heterocycles. The summed E-state index contributed by atoms with van der Waals surface area (Å²) in [5.41, 5.74) is 3.81. The topological polar surface area (TPSA) is 25.2 Å². The highest BCUT2D eigenvalue weighted by molar-refractivity contribution is 5.94. The van der Waals surface area contributed by atoms with Crippen molar-refractivity contribution in [1.82, 2.24) is 9.47 Å². The van der Waals surface area contributed by atoms with Crippen LogP contribution in [0.3, 0.4) is 0 Å². The lowest BCUT2D eigenvalue weighted by Crippen LogP contribution is -2.32. The fourth-order valence-corrected chi connectivity index (χ4v) is 3.46. The van der Waals surface area contributed by atoms with Crippen LogP contribution in [0, 0.1) is 12.7 Å². The molecule has 0 spiro atoms. The van der Waals surface area contributed by atoms with Crippen molar-refractivity contribution in [2.45, 2.75) is 46.2 Å². The fourth-order valence-electron chi connectivity index (χ4n) is 3.46. The third-order valence-electron chi connectivity index (χ3n) is 5.14. The first-order valence-corrected chi connectivity index (χ1v) is 10.3.